The third-order valence-electron chi connectivity index (χ3n) is 5.81. The lowest BCUT2D eigenvalue weighted by Gasteiger charge is -2.33. The predicted molar refractivity (Wildman–Crippen MR) is 100 cm³/mol. The summed E-state index contributed by atoms with van der Waals surface area (Å²) in [6.45, 7) is 12.4. The lowest BCUT2D eigenvalue weighted by Crippen LogP contribution is -2.19. The molecular formula is C22H36O. The van der Waals surface area contributed by atoms with Crippen molar-refractivity contribution in [1.82, 2.24) is 0 Å². The van der Waals surface area contributed by atoms with Gasteiger partial charge in [0.2, 0.25) is 0 Å². The zero-order chi connectivity index (χ0) is 16.8. The molecule has 0 bridgehead atoms. The maximum Gasteiger partial charge on any atom is 0.119 e. The average Bonchev–Trinajstić information content (AvgIpc) is 2.59. The zero-order valence-corrected chi connectivity index (χ0v) is 15.9. The highest BCUT2D eigenvalue weighted by molar-refractivity contribution is 5.40. The van der Waals surface area contributed by atoms with Gasteiger partial charge in [0, 0.05) is 0 Å². The molecule has 1 aromatic carbocycles. The van der Waals surface area contributed by atoms with Gasteiger partial charge in [0.1, 0.15) is 5.75 Å². The summed E-state index contributed by atoms with van der Waals surface area (Å²) >= 11 is 0. The quantitative estimate of drug-likeness (QED) is 0.530. The van der Waals surface area contributed by atoms with E-state index in [4.69, 9.17) is 4.74 Å². The van der Waals surface area contributed by atoms with Gasteiger partial charge in [-0.15, -0.1) is 0 Å². The molecule has 1 saturated carbocycles. The summed E-state index contributed by atoms with van der Waals surface area (Å²) < 4.78 is 5.90. The van der Waals surface area contributed by atoms with Crippen LogP contribution in [-0.2, 0) is 0 Å². The van der Waals surface area contributed by atoms with Crippen molar-refractivity contribution in [2.45, 2.75) is 85.0 Å². The molecule has 130 valence electrons. The highest BCUT2D eigenvalue weighted by atomic mass is 16.5. The van der Waals surface area contributed by atoms with Crippen LogP contribution in [0.1, 0.15) is 96.1 Å². The summed E-state index contributed by atoms with van der Waals surface area (Å²) in [5.74, 6) is 4.23. The lowest BCUT2D eigenvalue weighted by molar-refractivity contribution is 0.240. The van der Waals surface area contributed by atoms with E-state index >= 15 is 0 Å². The first-order valence-corrected chi connectivity index (χ1v) is 9.83. The van der Waals surface area contributed by atoms with E-state index in [9.17, 15) is 0 Å². The Morgan fingerprint density at radius 3 is 2.30 bits per heavy atom. The first-order chi connectivity index (χ1) is 11.1. The van der Waals surface area contributed by atoms with Crippen molar-refractivity contribution in [3.63, 3.8) is 0 Å². The zero-order valence-electron chi connectivity index (χ0n) is 15.9. The average molecular weight is 317 g/mol. The number of hydrogen-bond acceptors (Lipinski definition) is 1. The summed E-state index contributed by atoms with van der Waals surface area (Å²) in [6, 6.07) is 6.82. The van der Waals surface area contributed by atoms with Crippen LogP contribution < -0.4 is 4.74 Å². The molecule has 0 saturated heterocycles. The van der Waals surface area contributed by atoms with Crippen LogP contribution in [0.2, 0.25) is 0 Å². The second-order valence-corrected chi connectivity index (χ2v) is 7.79. The highest BCUT2D eigenvalue weighted by Crippen LogP contribution is 2.42. The third kappa shape index (κ3) is 4.75. The molecule has 1 aliphatic carbocycles. The van der Waals surface area contributed by atoms with Crippen LogP contribution in [0.3, 0.4) is 0 Å². The van der Waals surface area contributed by atoms with Crippen molar-refractivity contribution in [1.29, 1.82) is 0 Å². The molecule has 0 spiro atoms. The molecule has 0 aliphatic heterocycles. The van der Waals surface area contributed by atoms with Gasteiger partial charge in [-0.05, 0) is 79.0 Å². The fourth-order valence-electron chi connectivity index (χ4n) is 4.07. The van der Waals surface area contributed by atoms with Crippen molar-refractivity contribution in [2.24, 2.45) is 11.8 Å². The standard InChI is InChI=1S/C22H36O/c1-6-14-23-20-12-13-21(16(3)4)22(15-20)19-10-8-18(9-11-19)17(5)7-2/h12-13,15-19H,6-11,14H2,1-5H3. The van der Waals surface area contributed by atoms with E-state index in [2.05, 4.69) is 52.8 Å². The fraction of sp³-hybridized carbons (Fsp3) is 0.727. The molecule has 23 heavy (non-hydrogen) atoms. The van der Waals surface area contributed by atoms with Crippen LogP contribution >= 0.6 is 0 Å². The summed E-state index contributed by atoms with van der Waals surface area (Å²) in [7, 11) is 0. The van der Waals surface area contributed by atoms with Gasteiger partial charge in [-0.2, -0.15) is 0 Å². The Morgan fingerprint density at radius 2 is 1.74 bits per heavy atom. The second-order valence-electron chi connectivity index (χ2n) is 7.79. The summed E-state index contributed by atoms with van der Waals surface area (Å²) in [6.07, 6.45) is 7.90. The van der Waals surface area contributed by atoms with Gasteiger partial charge in [-0.1, -0.05) is 47.1 Å². The first kappa shape index (κ1) is 18.4. The maximum absolute atomic E-state index is 5.90. The number of rotatable bonds is 7. The molecule has 1 aromatic rings. The molecule has 0 heterocycles. The summed E-state index contributed by atoms with van der Waals surface area (Å²) in [5, 5.41) is 0. The van der Waals surface area contributed by atoms with E-state index in [-0.39, 0.29) is 0 Å². The van der Waals surface area contributed by atoms with Crippen molar-refractivity contribution in [3.8, 4) is 5.75 Å². The van der Waals surface area contributed by atoms with E-state index in [0.717, 1.165) is 36.5 Å². The fourth-order valence-corrected chi connectivity index (χ4v) is 4.07. The first-order valence-electron chi connectivity index (χ1n) is 9.83. The van der Waals surface area contributed by atoms with Crippen molar-refractivity contribution in [2.75, 3.05) is 6.61 Å². The minimum absolute atomic E-state index is 0.595. The Kier molecular flexibility index (Phi) is 6.99. The molecule has 1 aliphatic rings. The van der Waals surface area contributed by atoms with Crippen LogP contribution in [0, 0.1) is 11.8 Å². The van der Waals surface area contributed by atoms with E-state index < -0.39 is 0 Å². The molecule has 0 N–H and O–H groups in total. The monoisotopic (exact) mass is 316 g/mol. The van der Waals surface area contributed by atoms with E-state index in [0.29, 0.717) is 5.92 Å². The summed E-state index contributed by atoms with van der Waals surface area (Å²) in [5.41, 5.74) is 3.09. The van der Waals surface area contributed by atoms with E-state index in [1.54, 1.807) is 5.56 Å². The molecule has 0 radical (unpaired) electrons. The second kappa shape index (κ2) is 8.76. The van der Waals surface area contributed by atoms with Gasteiger partial charge in [0.25, 0.3) is 0 Å². The number of hydrogen-bond donors (Lipinski definition) is 0. The smallest absolute Gasteiger partial charge is 0.119 e. The molecule has 1 fully saturated rings. The lowest BCUT2D eigenvalue weighted by atomic mass is 9.72. The van der Waals surface area contributed by atoms with Crippen molar-refractivity contribution >= 4 is 0 Å². The minimum atomic E-state index is 0.595. The van der Waals surface area contributed by atoms with Gasteiger partial charge >= 0.3 is 0 Å². The molecule has 0 aromatic heterocycles. The van der Waals surface area contributed by atoms with Crippen LogP contribution in [0.25, 0.3) is 0 Å². The predicted octanol–water partition coefficient (Wildman–Crippen LogP) is 6.92. The van der Waals surface area contributed by atoms with Gasteiger partial charge in [-0.25, -0.2) is 0 Å². The largest absolute Gasteiger partial charge is 0.494 e. The van der Waals surface area contributed by atoms with Crippen LogP contribution in [0.5, 0.6) is 5.75 Å². The van der Waals surface area contributed by atoms with E-state index in [1.807, 2.05) is 0 Å². The third-order valence-corrected chi connectivity index (χ3v) is 5.81. The molecule has 2 rings (SSSR count). The van der Waals surface area contributed by atoms with Gasteiger partial charge in [-0.3, -0.25) is 0 Å². The van der Waals surface area contributed by atoms with Gasteiger partial charge in [0.15, 0.2) is 0 Å². The Morgan fingerprint density at radius 1 is 1.04 bits per heavy atom. The van der Waals surface area contributed by atoms with Gasteiger partial charge in [0.05, 0.1) is 6.61 Å². The normalized spacial score (nSPS) is 23.0. The molecular weight excluding hydrogens is 280 g/mol. The van der Waals surface area contributed by atoms with Crippen LogP contribution in [0.4, 0.5) is 0 Å². The number of ether oxygens (including phenoxy) is 1. The maximum atomic E-state index is 5.90. The van der Waals surface area contributed by atoms with Gasteiger partial charge < -0.3 is 4.74 Å². The topological polar surface area (TPSA) is 9.23 Å². The Labute approximate surface area is 143 Å². The SMILES string of the molecule is CCCOc1ccc(C(C)C)c(C2CCC(C(C)CC)CC2)c1. The van der Waals surface area contributed by atoms with E-state index in [1.165, 1.54) is 37.7 Å². The minimum Gasteiger partial charge on any atom is -0.494 e. The molecule has 1 nitrogen and oxygen atoms in total. The Hall–Kier alpha value is -0.980. The molecule has 1 heteroatoms. The molecule has 1 unspecified atom stereocenters. The summed E-state index contributed by atoms with van der Waals surface area (Å²) in [4.78, 5) is 0. The van der Waals surface area contributed by atoms with Crippen molar-refractivity contribution in [3.05, 3.63) is 29.3 Å². The van der Waals surface area contributed by atoms with Crippen LogP contribution in [0.15, 0.2) is 18.2 Å². The van der Waals surface area contributed by atoms with Crippen molar-refractivity contribution < 1.29 is 4.74 Å². The Balaban J connectivity index is 2.13. The molecule has 1 atom stereocenters. The number of benzene rings is 1. The Bertz CT molecular complexity index is 469. The van der Waals surface area contributed by atoms with Crippen LogP contribution in [-0.4, -0.2) is 6.61 Å². The molecule has 0 amide bonds. The highest BCUT2D eigenvalue weighted by Gasteiger charge is 2.27.